The molecule has 1 rings (SSSR count). The number of unbranched alkanes of at least 4 members (excludes halogenated alkanes) is 15. The van der Waals surface area contributed by atoms with Crippen LogP contribution in [0.1, 0.15) is 116 Å². The Balaban J connectivity index is 1.94. The zero-order valence-corrected chi connectivity index (χ0v) is 20.4. The van der Waals surface area contributed by atoms with Crippen LogP contribution in [-0.4, -0.2) is 16.9 Å². The molecule has 0 heterocycles. The van der Waals surface area contributed by atoms with Crippen LogP contribution in [0.4, 0.5) is 0 Å². The highest BCUT2D eigenvalue weighted by Crippen LogP contribution is 2.37. The van der Waals surface area contributed by atoms with Crippen molar-refractivity contribution < 1.29 is 9.59 Å². The van der Waals surface area contributed by atoms with Crippen molar-refractivity contribution in [3.8, 4) is 0 Å². The third kappa shape index (κ3) is 10.7. The molecular formula is C24H39Cl3O2. The number of halogens is 3. The fraction of sp³-hybridized carbons (Fsp3) is 0.833. The van der Waals surface area contributed by atoms with E-state index in [1.165, 1.54) is 89.9 Å². The number of hydrogen-bond donors (Lipinski definition) is 0. The number of ketones is 2. The fourth-order valence-corrected chi connectivity index (χ4v) is 4.97. The third-order valence-corrected chi connectivity index (χ3v) is 7.37. The molecule has 2 atom stereocenters. The van der Waals surface area contributed by atoms with E-state index in [1.807, 2.05) is 0 Å². The summed E-state index contributed by atoms with van der Waals surface area (Å²) >= 11 is 18.1. The molecule has 29 heavy (non-hydrogen) atoms. The SMILES string of the molecule is CCCCCCCCCCCCCCCCCC[C@H]1C(Cl)=C(Cl)C(=O)C(=O)[C@H]1Cl. The average Bonchev–Trinajstić information content (AvgIpc) is 2.72. The minimum Gasteiger partial charge on any atom is -0.289 e. The van der Waals surface area contributed by atoms with Crippen molar-refractivity contribution in [2.75, 3.05) is 0 Å². The molecule has 0 aromatic heterocycles. The normalized spacial score (nSPS) is 20.0. The van der Waals surface area contributed by atoms with Gasteiger partial charge in [0.15, 0.2) is 0 Å². The van der Waals surface area contributed by atoms with E-state index in [1.54, 1.807) is 0 Å². The molecular weight excluding hydrogens is 427 g/mol. The van der Waals surface area contributed by atoms with Crippen molar-refractivity contribution >= 4 is 46.4 Å². The molecule has 0 saturated heterocycles. The Morgan fingerprint density at radius 2 is 1.03 bits per heavy atom. The lowest BCUT2D eigenvalue weighted by Crippen LogP contribution is -2.36. The summed E-state index contributed by atoms with van der Waals surface area (Å²) < 4.78 is 0. The van der Waals surface area contributed by atoms with Crippen LogP contribution in [0.3, 0.4) is 0 Å². The van der Waals surface area contributed by atoms with Gasteiger partial charge in [0.25, 0.3) is 0 Å². The maximum absolute atomic E-state index is 11.8. The minimum atomic E-state index is -0.867. The van der Waals surface area contributed by atoms with Gasteiger partial charge in [-0.3, -0.25) is 9.59 Å². The molecule has 2 nitrogen and oxygen atoms in total. The van der Waals surface area contributed by atoms with E-state index in [0.29, 0.717) is 6.42 Å². The Morgan fingerprint density at radius 3 is 1.45 bits per heavy atom. The topological polar surface area (TPSA) is 34.1 Å². The number of allylic oxidation sites excluding steroid dienone is 2. The average molecular weight is 466 g/mol. The Labute approximate surface area is 193 Å². The van der Waals surface area contributed by atoms with Gasteiger partial charge in [-0.25, -0.2) is 0 Å². The first-order valence-electron chi connectivity index (χ1n) is 11.8. The van der Waals surface area contributed by atoms with Crippen LogP contribution in [0.25, 0.3) is 0 Å². The van der Waals surface area contributed by atoms with Crippen molar-refractivity contribution in [2.45, 2.75) is 121 Å². The lowest BCUT2D eigenvalue weighted by molar-refractivity contribution is -0.134. The number of carbonyl (C=O) groups is 2. The fourth-order valence-electron chi connectivity index (χ4n) is 4.00. The summed E-state index contributed by atoms with van der Waals surface area (Å²) in [5, 5.41) is -0.749. The number of carbonyl (C=O) groups excluding carboxylic acids is 2. The smallest absolute Gasteiger partial charge is 0.242 e. The van der Waals surface area contributed by atoms with Crippen LogP contribution in [0, 0.1) is 5.92 Å². The monoisotopic (exact) mass is 464 g/mol. The number of alkyl halides is 1. The summed E-state index contributed by atoms with van der Waals surface area (Å²) in [6, 6.07) is 0. The van der Waals surface area contributed by atoms with E-state index in [-0.39, 0.29) is 16.0 Å². The molecule has 168 valence electrons. The molecule has 0 unspecified atom stereocenters. The number of hydrogen-bond acceptors (Lipinski definition) is 2. The molecule has 0 amide bonds. The standard InChI is InChI=1S/C24H39Cl3O2/c1-2-3-4-5-6-7-8-9-10-11-12-13-14-15-16-17-18-19-20(25)22(27)24(29)23(28)21(19)26/h19,21H,2-18H2,1H3/t19-,21-/m0/s1. The van der Waals surface area contributed by atoms with Crippen LogP contribution in [-0.2, 0) is 9.59 Å². The molecule has 0 aromatic rings. The van der Waals surface area contributed by atoms with E-state index >= 15 is 0 Å². The maximum Gasteiger partial charge on any atom is 0.242 e. The first-order valence-corrected chi connectivity index (χ1v) is 13.0. The predicted octanol–water partition coefficient (Wildman–Crippen LogP) is 8.70. The molecule has 1 aliphatic carbocycles. The third-order valence-electron chi connectivity index (χ3n) is 5.93. The molecule has 0 aromatic carbocycles. The molecule has 0 saturated carbocycles. The first kappa shape index (κ1) is 27.0. The van der Waals surface area contributed by atoms with Gasteiger partial charge in [-0.1, -0.05) is 133 Å². The highest BCUT2D eigenvalue weighted by molar-refractivity contribution is 6.65. The van der Waals surface area contributed by atoms with E-state index in [0.717, 1.165) is 12.8 Å². The molecule has 0 spiro atoms. The minimum absolute atomic E-state index is 0.143. The van der Waals surface area contributed by atoms with E-state index in [9.17, 15) is 9.59 Å². The van der Waals surface area contributed by atoms with Crippen molar-refractivity contribution in [3.63, 3.8) is 0 Å². The second-order valence-electron chi connectivity index (χ2n) is 8.46. The highest BCUT2D eigenvalue weighted by Gasteiger charge is 2.40. The van der Waals surface area contributed by atoms with E-state index in [2.05, 4.69) is 6.92 Å². The van der Waals surface area contributed by atoms with Crippen molar-refractivity contribution in [1.29, 1.82) is 0 Å². The van der Waals surface area contributed by atoms with Crippen LogP contribution in [0.15, 0.2) is 10.1 Å². The second-order valence-corrected chi connectivity index (χ2v) is 9.71. The van der Waals surface area contributed by atoms with Crippen LogP contribution < -0.4 is 0 Å². The molecule has 0 fully saturated rings. The number of rotatable bonds is 17. The molecule has 1 aliphatic rings. The van der Waals surface area contributed by atoms with E-state index < -0.39 is 16.9 Å². The Kier molecular flexibility index (Phi) is 15.5. The Morgan fingerprint density at radius 1 is 0.655 bits per heavy atom. The van der Waals surface area contributed by atoms with Gasteiger partial charge in [0.1, 0.15) is 10.4 Å². The molecule has 0 radical (unpaired) electrons. The predicted molar refractivity (Wildman–Crippen MR) is 126 cm³/mol. The second kappa shape index (κ2) is 16.6. The van der Waals surface area contributed by atoms with E-state index in [4.69, 9.17) is 34.8 Å². The number of Topliss-reactive ketones (excluding diaryl/α,β-unsaturated/α-hetero) is 2. The van der Waals surface area contributed by atoms with Gasteiger partial charge in [0.2, 0.25) is 11.6 Å². The highest BCUT2D eigenvalue weighted by atomic mass is 35.5. The lowest BCUT2D eigenvalue weighted by Gasteiger charge is -2.25. The van der Waals surface area contributed by atoms with Gasteiger partial charge < -0.3 is 0 Å². The van der Waals surface area contributed by atoms with Gasteiger partial charge in [-0.15, -0.1) is 11.6 Å². The van der Waals surface area contributed by atoms with Crippen LogP contribution in [0.2, 0.25) is 0 Å². The summed E-state index contributed by atoms with van der Waals surface area (Å²) in [4.78, 5) is 23.4. The summed E-state index contributed by atoms with van der Waals surface area (Å²) in [5.41, 5.74) is 0. The first-order chi connectivity index (χ1) is 14.0. The van der Waals surface area contributed by atoms with Crippen molar-refractivity contribution in [1.82, 2.24) is 0 Å². The van der Waals surface area contributed by atoms with Gasteiger partial charge in [-0.2, -0.15) is 0 Å². The summed E-state index contributed by atoms with van der Waals surface area (Å²) in [5.74, 6) is -1.69. The summed E-state index contributed by atoms with van der Waals surface area (Å²) in [7, 11) is 0. The Hall–Kier alpha value is -0.0500. The molecule has 0 N–H and O–H groups in total. The summed E-state index contributed by atoms with van der Waals surface area (Å²) in [6.07, 6.45) is 21.8. The molecule has 0 aliphatic heterocycles. The van der Waals surface area contributed by atoms with Gasteiger partial charge in [0, 0.05) is 11.0 Å². The zero-order valence-electron chi connectivity index (χ0n) is 18.1. The molecule has 0 bridgehead atoms. The van der Waals surface area contributed by atoms with Crippen LogP contribution >= 0.6 is 34.8 Å². The zero-order chi connectivity index (χ0) is 21.5. The van der Waals surface area contributed by atoms with Crippen molar-refractivity contribution in [3.05, 3.63) is 10.1 Å². The van der Waals surface area contributed by atoms with Gasteiger partial charge in [0.05, 0.1) is 0 Å². The largest absolute Gasteiger partial charge is 0.289 e. The van der Waals surface area contributed by atoms with Crippen LogP contribution in [0.5, 0.6) is 0 Å². The van der Waals surface area contributed by atoms with Gasteiger partial charge >= 0.3 is 0 Å². The molecule has 5 heteroatoms. The van der Waals surface area contributed by atoms with Gasteiger partial charge in [-0.05, 0) is 6.42 Å². The summed E-state index contributed by atoms with van der Waals surface area (Å²) in [6.45, 7) is 2.27. The lowest BCUT2D eigenvalue weighted by atomic mass is 9.88. The van der Waals surface area contributed by atoms with Crippen molar-refractivity contribution in [2.24, 2.45) is 5.92 Å². The Bertz CT molecular complexity index is 516. The quantitative estimate of drug-likeness (QED) is 0.122. The maximum atomic E-state index is 11.8.